The molecule has 5 heteroatoms. The summed E-state index contributed by atoms with van der Waals surface area (Å²) in [6.45, 7) is 3.17. The quantitative estimate of drug-likeness (QED) is 0.718. The van der Waals surface area contributed by atoms with Crippen molar-refractivity contribution < 1.29 is 4.79 Å². The van der Waals surface area contributed by atoms with Gasteiger partial charge in [0.2, 0.25) is 0 Å². The molecule has 2 heterocycles. The molecule has 5 nitrogen and oxygen atoms in total. The van der Waals surface area contributed by atoms with E-state index in [1.807, 2.05) is 12.1 Å². The van der Waals surface area contributed by atoms with Gasteiger partial charge in [-0.25, -0.2) is 4.98 Å². The third-order valence-corrected chi connectivity index (χ3v) is 3.32. The highest BCUT2D eigenvalue weighted by Gasteiger charge is 2.30. The van der Waals surface area contributed by atoms with Crippen molar-refractivity contribution in [2.45, 2.75) is 13.0 Å². The summed E-state index contributed by atoms with van der Waals surface area (Å²) >= 11 is 0. The number of hydrogen-bond acceptors (Lipinski definition) is 3. The molecule has 3 rings (SSSR count). The van der Waals surface area contributed by atoms with Gasteiger partial charge in [0, 0.05) is 6.54 Å². The van der Waals surface area contributed by atoms with Gasteiger partial charge >= 0.3 is 0 Å². The van der Waals surface area contributed by atoms with E-state index in [4.69, 9.17) is 5.73 Å². The topological polar surface area (TPSA) is 83.8 Å². The van der Waals surface area contributed by atoms with Crippen LogP contribution >= 0.6 is 0 Å². The molecule has 0 aliphatic carbocycles. The highest BCUT2D eigenvalue weighted by Crippen LogP contribution is 2.28. The minimum absolute atomic E-state index is 0.253. The van der Waals surface area contributed by atoms with Crippen LogP contribution in [0.5, 0.6) is 0 Å². The maximum absolute atomic E-state index is 11.3. The van der Waals surface area contributed by atoms with Crippen LogP contribution < -0.4 is 11.1 Å². The average molecular weight is 230 g/mol. The summed E-state index contributed by atoms with van der Waals surface area (Å²) in [4.78, 5) is 19.0. The van der Waals surface area contributed by atoms with E-state index in [0.29, 0.717) is 17.0 Å². The molecule has 1 aromatic heterocycles. The largest absolute Gasteiger partial charge is 0.366 e. The molecular weight excluding hydrogens is 216 g/mol. The zero-order chi connectivity index (χ0) is 12.0. The minimum Gasteiger partial charge on any atom is -0.366 e. The Hall–Kier alpha value is -1.88. The van der Waals surface area contributed by atoms with Crippen LogP contribution in [-0.4, -0.2) is 22.4 Å². The summed E-state index contributed by atoms with van der Waals surface area (Å²) in [5.41, 5.74) is 7.32. The van der Waals surface area contributed by atoms with Crippen LogP contribution in [0, 0.1) is 5.92 Å². The third kappa shape index (κ3) is 1.51. The summed E-state index contributed by atoms with van der Waals surface area (Å²) < 4.78 is 0. The third-order valence-electron chi connectivity index (χ3n) is 3.32. The van der Waals surface area contributed by atoms with Gasteiger partial charge < -0.3 is 16.0 Å². The molecule has 2 aromatic rings. The zero-order valence-corrected chi connectivity index (χ0v) is 9.53. The van der Waals surface area contributed by atoms with Crippen molar-refractivity contribution in [3.63, 3.8) is 0 Å². The number of benzene rings is 1. The fraction of sp³-hybridized carbons (Fsp3) is 0.333. The van der Waals surface area contributed by atoms with Crippen molar-refractivity contribution in [1.29, 1.82) is 0 Å². The van der Waals surface area contributed by atoms with Gasteiger partial charge in [-0.05, 0) is 18.1 Å². The normalized spacial score (nSPS) is 23.6. The lowest BCUT2D eigenvalue weighted by Crippen LogP contribution is -2.44. The lowest BCUT2D eigenvalue weighted by Gasteiger charge is -2.33. The van der Waals surface area contributed by atoms with Crippen molar-refractivity contribution in [2.75, 3.05) is 6.54 Å². The second-order valence-electron chi connectivity index (χ2n) is 4.55. The molecule has 1 fully saturated rings. The Balaban J connectivity index is 2.12. The highest BCUT2D eigenvalue weighted by atomic mass is 16.1. The molecule has 0 bridgehead atoms. The number of carbonyl (C=O) groups is 1. The maximum atomic E-state index is 11.3. The number of carbonyl (C=O) groups excluding carboxylic acids is 1. The molecule has 88 valence electrons. The van der Waals surface area contributed by atoms with E-state index in [1.165, 1.54) is 0 Å². The Morgan fingerprint density at radius 3 is 2.94 bits per heavy atom. The van der Waals surface area contributed by atoms with Gasteiger partial charge in [-0.3, -0.25) is 4.79 Å². The number of fused-ring (bicyclic) bond motifs is 1. The van der Waals surface area contributed by atoms with Gasteiger partial charge in [-0.2, -0.15) is 0 Å². The van der Waals surface area contributed by atoms with E-state index < -0.39 is 5.91 Å². The number of hydrogen-bond donors (Lipinski definition) is 3. The fourth-order valence-corrected chi connectivity index (χ4v) is 2.23. The molecule has 0 saturated carbocycles. The second-order valence-corrected chi connectivity index (χ2v) is 4.55. The number of aromatic nitrogens is 2. The Kier molecular flexibility index (Phi) is 2.16. The first kappa shape index (κ1) is 10.3. The van der Waals surface area contributed by atoms with Gasteiger partial charge in [-0.15, -0.1) is 0 Å². The van der Waals surface area contributed by atoms with Gasteiger partial charge in [0.05, 0.1) is 17.1 Å². The zero-order valence-electron chi connectivity index (χ0n) is 9.53. The number of amides is 1. The average Bonchev–Trinajstić information content (AvgIpc) is 2.68. The Morgan fingerprint density at radius 2 is 2.35 bits per heavy atom. The van der Waals surface area contributed by atoms with E-state index in [1.54, 1.807) is 6.07 Å². The number of H-pyrrole nitrogens is 1. The predicted octanol–water partition coefficient (Wildman–Crippen LogP) is 0.942. The lowest BCUT2D eigenvalue weighted by atomic mass is 9.93. The van der Waals surface area contributed by atoms with Gasteiger partial charge in [0.1, 0.15) is 11.3 Å². The number of nitrogens with two attached hydrogens (primary N) is 1. The van der Waals surface area contributed by atoms with E-state index in [9.17, 15) is 4.79 Å². The van der Waals surface area contributed by atoms with Gasteiger partial charge in [0.15, 0.2) is 0 Å². The number of nitrogens with zero attached hydrogens (tertiary/aromatic N) is 1. The van der Waals surface area contributed by atoms with Crippen LogP contribution in [0.4, 0.5) is 0 Å². The molecule has 0 radical (unpaired) electrons. The lowest BCUT2D eigenvalue weighted by molar-refractivity contribution is 0.100. The summed E-state index contributed by atoms with van der Waals surface area (Å²) in [6, 6.07) is 5.67. The smallest absolute Gasteiger partial charge is 0.250 e. The van der Waals surface area contributed by atoms with E-state index in [-0.39, 0.29) is 6.04 Å². The Labute approximate surface area is 98.4 Å². The molecule has 1 aromatic carbocycles. The summed E-state index contributed by atoms with van der Waals surface area (Å²) in [6.07, 6.45) is 0. The number of nitrogens with one attached hydrogen (secondary N) is 2. The van der Waals surface area contributed by atoms with Crippen LogP contribution in [0.25, 0.3) is 11.0 Å². The Morgan fingerprint density at radius 1 is 1.53 bits per heavy atom. The molecule has 1 aliphatic heterocycles. The van der Waals surface area contributed by atoms with E-state index in [0.717, 1.165) is 17.9 Å². The summed E-state index contributed by atoms with van der Waals surface area (Å²) in [5, 5.41) is 3.31. The van der Waals surface area contributed by atoms with Crippen molar-refractivity contribution in [3.05, 3.63) is 29.6 Å². The number of para-hydroxylation sites is 1. The highest BCUT2D eigenvalue weighted by molar-refractivity contribution is 6.04. The Bertz CT molecular complexity index is 589. The minimum atomic E-state index is -0.441. The van der Waals surface area contributed by atoms with Gasteiger partial charge in [-0.1, -0.05) is 13.0 Å². The van der Waals surface area contributed by atoms with Crippen LogP contribution in [-0.2, 0) is 0 Å². The summed E-state index contributed by atoms with van der Waals surface area (Å²) in [5.74, 6) is 1.00. The summed E-state index contributed by atoms with van der Waals surface area (Å²) in [7, 11) is 0. The standard InChI is InChI=1S/C12H14N4O/c1-6-5-14-9(6)12-15-8-4-2-3-7(11(13)17)10(8)16-12/h2-4,6,9,14H,5H2,1H3,(H2,13,17)(H,15,16). The molecule has 2 atom stereocenters. The fourth-order valence-electron chi connectivity index (χ4n) is 2.23. The first-order valence-corrected chi connectivity index (χ1v) is 5.68. The van der Waals surface area contributed by atoms with Crippen molar-refractivity contribution in [2.24, 2.45) is 11.7 Å². The van der Waals surface area contributed by atoms with Crippen LogP contribution in [0.1, 0.15) is 29.1 Å². The second kappa shape index (κ2) is 3.56. The number of imidazole rings is 1. The SMILES string of the molecule is CC1CNC1c1nc2c(C(N)=O)cccc2[nH]1. The number of primary amides is 1. The van der Waals surface area contributed by atoms with Crippen molar-refractivity contribution in [1.82, 2.24) is 15.3 Å². The molecule has 0 spiro atoms. The molecule has 1 aliphatic rings. The van der Waals surface area contributed by atoms with Crippen LogP contribution in [0.3, 0.4) is 0 Å². The van der Waals surface area contributed by atoms with E-state index in [2.05, 4.69) is 22.2 Å². The van der Waals surface area contributed by atoms with Crippen LogP contribution in [0.2, 0.25) is 0 Å². The van der Waals surface area contributed by atoms with Crippen molar-refractivity contribution >= 4 is 16.9 Å². The molecule has 17 heavy (non-hydrogen) atoms. The molecule has 4 N–H and O–H groups in total. The molecule has 1 saturated heterocycles. The van der Waals surface area contributed by atoms with Gasteiger partial charge in [0.25, 0.3) is 5.91 Å². The monoisotopic (exact) mass is 230 g/mol. The first-order valence-electron chi connectivity index (χ1n) is 5.68. The number of aromatic amines is 1. The number of rotatable bonds is 2. The molecule has 2 unspecified atom stereocenters. The van der Waals surface area contributed by atoms with E-state index >= 15 is 0 Å². The molecule has 1 amide bonds. The maximum Gasteiger partial charge on any atom is 0.250 e. The van der Waals surface area contributed by atoms with Crippen molar-refractivity contribution in [3.8, 4) is 0 Å². The first-order chi connectivity index (χ1) is 8.16. The van der Waals surface area contributed by atoms with Crippen LogP contribution in [0.15, 0.2) is 18.2 Å². The predicted molar refractivity (Wildman–Crippen MR) is 64.5 cm³/mol. The molecular formula is C12H14N4O.